The van der Waals surface area contributed by atoms with Crippen LogP contribution in [0.1, 0.15) is 63.4 Å². The number of rotatable bonds is 5. The number of methoxy groups -OCH3 is 1. The number of anilines is 1. The Morgan fingerprint density at radius 2 is 1.73 bits per heavy atom. The van der Waals surface area contributed by atoms with Crippen molar-refractivity contribution in [1.82, 2.24) is 4.90 Å². The quantitative estimate of drug-likeness (QED) is 0.794. The number of carbonyl (C=O) groups is 1. The van der Waals surface area contributed by atoms with Gasteiger partial charge < -0.3 is 9.64 Å². The number of fused-ring (bicyclic) bond motifs is 1. The van der Waals surface area contributed by atoms with E-state index >= 15 is 0 Å². The molecule has 1 aromatic rings. The Balaban J connectivity index is 1.51. The van der Waals surface area contributed by atoms with Crippen LogP contribution in [0.4, 0.5) is 5.69 Å². The molecule has 4 nitrogen and oxygen atoms in total. The molecule has 142 valence electrons. The second-order valence-corrected chi connectivity index (χ2v) is 8.19. The first-order valence-electron chi connectivity index (χ1n) is 10.5. The molecule has 1 amide bonds. The van der Waals surface area contributed by atoms with Crippen molar-refractivity contribution in [1.29, 1.82) is 0 Å². The molecule has 1 heterocycles. The number of hydrogen-bond acceptors (Lipinski definition) is 3. The zero-order valence-electron chi connectivity index (χ0n) is 16.1. The van der Waals surface area contributed by atoms with Crippen LogP contribution in [-0.4, -0.2) is 43.1 Å². The molecule has 4 heteroatoms. The smallest absolute Gasteiger partial charge is 0.241 e. The molecule has 2 aliphatic carbocycles. The lowest BCUT2D eigenvalue weighted by Gasteiger charge is -2.37. The lowest BCUT2D eigenvalue weighted by Crippen LogP contribution is -2.49. The summed E-state index contributed by atoms with van der Waals surface area (Å²) < 4.78 is 5.36. The zero-order chi connectivity index (χ0) is 17.9. The molecule has 3 aliphatic rings. The minimum Gasteiger partial charge on any atom is -0.497 e. The van der Waals surface area contributed by atoms with Gasteiger partial charge in [-0.15, -0.1) is 0 Å². The van der Waals surface area contributed by atoms with E-state index in [0.717, 1.165) is 30.8 Å². The first-order chi connectivity index (χ1) is 12.8. The van der Waals surface area contributed by atoms with Crippen molar-refractivity contribution in [3.05, 3.63) is 23.8 Å². The summed E-state index contributed by atoms with van der Waals surface area (Å²) in [4.78, 5) is 17.9. The summed E-state index contributed by atoms with van der Waals surface area (Å²) in [6, 6.07) is 7.40. The Bertz CT molecular complexity index is 617. The number of nitrogens with zero attached hydrogens (tertiary/aromatic N) is 2. The average molecular weight is 357 g/mol. The summed E-state index contributed by atoms with van der Waals surface area (Å²) in [6.07, 6.45) is 12.5. The average Bonchev–Trinajstić information content (AvgIpc) is 3.39. The van der Waals surface area contributed by atoms with E-state index in [1.807, 2.05) is 11.0 Å². The Kier molecular flexibility index (Phi) is 5.49. The number of benzene rings is 1. The van der Waals surface area contributed by atoms with Crippen molar-refractivity contribution in [2.75, 3.05) is 25.1 Å². The van der Waals surface area contributed by atoms with Gasteiger partial charge in [0.05, 0.1) is 13.7 Å². The summed E-state index contributed by atoms with van der Waals surface area (Å²) in [5.41, 5.74) is 2.34. The van der Waals surface area contributed by atoms with Crippen molar-refractivity contribution >= 4 is 11.6 Å². The maximum Gasteiger partial charge on any atom is 0.241 e. The van der Waals surface area contributed by atoms with Crippen molar-refractivity contribution in [3.63, 3.8) is 0 Å². The fraction of sp³-hybridized carbons (Fsp3) is 0.682. The highest BCUT2D eigenvalue weighted by Crippen LogP contribution is 2.33. The van der Waals surface area contributed by atoms with Gasteiger partial charge in [-0.2, -0.15) is 0 Å². The summed E-state index contributed by atoms with van der Waals surface area (Å²) in [6.45, 7) is 1.45. The van der Waals surface area contributed by atoms with Gasteiger partial charge in [-0.3, -0.25) is 9.69 Å². The van der Waals surface area contributed by atoms with E-state index in [0.29, 0.717) is 18.6 Å². The van der Waals surface area contributed by atoms with E-state index in [-0.39, 0.29) is 5.91 Å². The van der Waals surface area contributed by atoms with Gasteiger partial charge in [0.25, 0.3) is 0 Å². The van der Waals surface area contributed by atoms with E-state index in [1.54, 1.807) is 7.11 Å². The molecule has 0 bridgehead atoms. The lowest BCUT2D eigenvalue weighted by atomic mass is 10.0. The fourth-order valence-corrected chi connectivity index (χ4v) is 5.23. The van der Waals surface area contributed by atoms with Gasteiger partial charge in [0.2, 0.25) is 5.91 Å². The molecule has 0 spiro atoms. The Hall–Kier alpha value is -1.55. The maximum absolute atomic E-state index is 13.3. The molecule has 0 radical (unpaired) electrons. The summed E-state index contributed by atoms with van der Waals surface area (Å²) in [5, 5.41) is 0. The second-order valence-electron chi connectivity index (χ2n) is 8.19. The Morgan fingerprint density at radius 1 is 1.08 bits per heavy atom. The van der Waals surface area contributed by atoms with Crippen LogP contribution in [0.15, 0.2) is 18.2 Å². The molecule has 26 heavy (non-hydrogen) atoms. The van der Waals surface area contributed by atoms with E-state index in [4.69, 9.17) is 4.74 Å². The van der Waals surface area contributed by atoms with E-state index in [9.17, 15) is 4.79 Å². The van der Waals surface area contributed by atoms with Crippen LogP contribution >= 0.6 is 0 Å². The van der Waals surface area contributed by atoms with Crippen LogP contribution < -0.4 is 9.64 Å². The predicted octanol–water partition coefficient (Wildman–Crippen LogP) is 4.16. The standard InChI is InChI=1S/C22H32N2O2/c1-26-20-12-13-21-17(15-20)7-6-14-23(21)22(25)16-24(18-8-2-3-9-18)19-10-4-5-11-19/h12-13,15,18-19H,2-11,14,16H2,1H3. The number of hydrogen-bond donors (Lipinski definition) is 0. The maximum atomic E-state index is 13.3. The minimum absolute atomic E-state index is 0.287. The normalized spacial score (nSPS) is 21.4. The topological polar surface area (TPSA) is 32.8 Å². The van der Waals surface area contributed by atoms with Crippen LogP contribution in [0.25, 0.3) is 0 Å². The van der Waals surface area contributed by atoms with Gasteiger partial charge in [-0.25, -0.2) is 0 Å². The Labute approximate surface area is 157 Å². The highest BCUT2D eigenvalue weighted by molar-refractivity contribution is 5.96. The molecular weight excluding hydrogens is 324 g/mol. The minimum atomic E-state index is 0.287. The van der Waals surface area contributed by atoms with Crippen molar-refractivity contribution < 1.29 is 9.53 Å². The lowest BCUT2D eigenvalue weighted by molar-refractivity contribution is -0.121. The van der Waals surface area contributed by atoms with Crippen LogP contribution in [0, 0.1) is 0 Å². The number of aryl methyl sites for hydroxylation is 1. The SMILES string of the molecule is COc1ccc2c(c1)CCCN2C(=O)CN(C1CCCC1)C1CCCC1. The third kappa shape index (κ3) is 3.62. The number of carbonyl (C=O) groups excluding carboxylic acids is 1. The molecule has 0 aromatic heterocycles. The van der Waals surface area contributed by atoms with Crippen LogP contribution in [0.3, 0.4) is 0 Å². The molecule has 1 aromatic carbocycles. The predicted molar refractivity (Wildman–Crippen MR) is 105 cm³/mol. The van der Waals surface area contributed by atoms with Gasteiger partial charge >= 0.3 is 0 Å². The first kappa shape index (κ1) is 17.8. The van der Waals surface area contributed by atoms with Crippen molar-refractivity contribution in [3.8, 4) is 5.75 Å². The molecular formula is C22H32N2O2. The highest BCUT2D eigenvalue weighted by atomic mass is 16.5. The Morgan fingerprint density at radius 3 is 2.35 bits per heavy atom. The van der Waals surface area contributed by atoms with E-state index < -0.39 is 0 Å². The van der Waals surface area contributed by atoms with Gasteiger partial charge in [-0.1, -0.05) is 25.7 Å². The summed E-state index contributed by atoms with van der Waals surface area (Å²) in [7, 11) is 1.70. The largest absolute Gasteiger partial charge is 0.497 e. The molecule has 0 unspecified atom stereocenters. The van der Waals surface area contributed by atoms with Crippen LogP contribution in [-0.2, 0) is 11.2 Å². The van der Waals surface area contributed by atoms with E-state index in [2.05, 4.69) is 17.0 Å². The van der Waals surface area contributed by atoms with Gasteiger partial charge in [0, 0.05) is 24.3 Å². The molecule has 2 fully saturated rings. The third-order valence-electron chi connectivity index (χ3n) is 6.61. The third-order valence-corrected chi connectivity index (χ3v) is 6.61. The van der Waals surface area contributed by atoms with E-state index in [1.165, 1.54) is 56.9 Å². The molecule has 2 saturated carbocycles. The highest BCUT2D eigenvalue weighted by Gasteiger charge is 2.33. The molecule has 4 rings (SSSR count). The second kappa shape index (κ2) is 7.99. The van der Waals surface area contributed by atoms with Crippen molar-refractivity contribution in [2.45, 2.75) is 76.3 Å². The number of amides is 1. The molecule has 1 aliphatic heterocycles. The zero-order valence-corrected chi connectivity index (χ0v) is 16.1. The molecule has 0 atom stereocenters. The van der Waals surface area contributed by atoms with Crippen LogP contribution in [0.2, 0.25) is 0 Å². The molecule has 0 N–H and O–H groups in total. The fourth-order valence-electron chi connectivity index (χ4n) is 5.23. The summed E-state index contributed by atoms with van der Waals surface area (Å²) in [5.74, 6) is 1.17. The molecule has 0 saturated heterocycles. The number of ether oxygens (including phenoxy) is 1. The van der Waals surface area contributed by atoms with Crippen LogP contribution in [0.5, 0.6) is 5.75 Å². The summed E-state index contributed by atoms with van der Waals surface area (Å²) >= 11 is 0. The first-order valence-corrected chi connectivity index (χ1v) is 10.5. The van der Waals surface area contributed by atoms with Gasteiger partial charge in [0.1, 0.15) is 5.75 Å². The van der Waals surface area contributed by atoms with Gasteiger partial charge in [-0.05, 0) is 62.3 Å². The van der Waals surface area contributed by atoms with Crippen molar-refractivity contribution in [2.24, 2.45) is 0 Å². The monoisotopic (exact) mass is 356 g/mol. The van der Waals surface area contributed by atoms with Gasteiger partial charge in [0.15, 0.2) is 0 Å².